The van der Waals surface area contributed by atoms with Crippen LogP contribution in [0.5, 0.6) is 0 Å². The average molecular weight is 262 g/mol. The molecule has 1 atom stereocenters. The first-order valence-corrected chi connectivity index (χ1v) is 6.51. The summed E-state index contributed by atoms with van der Waals surface area (Å²) in [6, 6.07) is 1.65. The maximum Gasteiger partial charge on any atom is 0.146 e. The number of hydrogen-bond acceptors (Lipinski definition) is 3. The topological polar surface area (TPSA) is 42.7 Å². The van der Waals surface area contributed by atoms with Crippen molar-refractivity contribution in [3.05, 3.63) is 48.1 Å². The third-order valence-electron chi connectivity index (χ3n) is 3.13. The third-order valence-corrected chi connectivity index (χ3v) is 3.13. The fourth-order valence-electron chi connectivity index (χ4n) is 2.05. The first kappa shape index (κ1) is 13.7. The second-order valence-electron chi connectivity index (χ2n) is 4.56. The Kier molecular flexibility index (Phi) is 4.63. The van der Waals surface area contributed by atoms with E-state index in [2.05, 4.69) is 22.2 Å². The maximum absolute atomic E-state index is 13.9. The van der Waals surface area contributed by atoms with Crippen LogP contribution in [-0.4, -0.2) is 21.1 Å². The van der Waals surface area contributed by atoms with Gasteiger partial charge < -0.3 is 9.88 Å². The summed E-state index contributed by atoms with van der Waals surface area (Å²) in [5, 5.41) is 3.37. The summed E-state index contributed by atoms with van der Waals surface area (Å²) in [6.07, 6.45) is 8.20. The zero-order valence-corrected chi connectivity index (χ0v) is 11.3. The lowest BCUT2D eigenvalue weighted by Gasteiger charge is -2.19. The Bertz CT molecular complexity index is 524. The van der Waals surface area contributed by atoms with E-state index in [9.17, 15) is 4.39 Å². The van der Waals surface area contributed by atoms with Crippen molar-refractivity contribution in [2.45, 2.75) is 25.8 Å². The van der Waals surface area contributed by atoms with Gasteiger partial charge in [-0.2, -0.15) is 0 Å². The molecule has 0 aromatic carbocycles. The van der Waals surface area contributed by atoms with Gasteiger partial charge in [0.1, 0.15) is 11.6 Å². The molecule has 2 heterocycles. The van der Waals surface area contributed by atoms with Gasteiger partial charge in [0.05, 0.1) is 6.20 Å². The number of aromatic nitrogens is 3. The van der Waals surface area contributed by atoms with Crippen LogP contribution in [-0.2, 0) is 13.5 Å². The molecule has 2 aromatic heterocycles. The summed E-state index contributed by atoms with van der Waals surface area (Å²) in [4.78, 5) is 8.10. The highest BCUT2D eigenvalue weighted by Gasteiger charge is 2.17. The van der Waals surface area contributed by atoms with Gasteiger partial charge in [-0.05, 0) is 19.0 Å². The quantitative estimate of drug-likeness (QED) is 0.868. The molecule has 4 nitrogen and oxygen atoms in total. The molecule has 0 radical (unpaired) electrons. The van der Waals surface area contributed by atoms with Gasteiger partial charge in [0, 0.05) is 43.7 Å². The standard InChI is InChI=1S/C14H19FN4/c1-3-5-17-13(9-14-18-7-8-19(14)2)11-4-6-16-10-12(11)15/h4,6-8,10,13,17H,3,5,9H2,1-2H3. The number of pyridine rings is 1. The largest absolute Gasteiger partial charge is 0.338 e. The molecular formula is C14H19FN4. The van der Waals surface area contributed by atoms with Gasteiger partial charge in [-0.3, -0.25) is 4.98 Å². The Hall–Kier alpha value is -1.75. The predicted octanol–water partition coefficient (Wildman–Crippen LogP) is 2.24. The summed E-state index contributed by atoms with van der Waals surface area (Å²) >= 11 is 0. The van der Waals surface area contributed by atoms with Crippen LogP contribution < -0.4 is 5.32 Å². The number of halogens is 1. The van der Waals surface area contributed by atoms with E-state index in [-0.39, 0.29) is 11.9 Å². The SMILES string of the molecule is CCCNC(Cc1nccn1C)c1ccncc1F. The van der Waals surface area contributed by atoms with Crippen LogP contribution in [0.1, 0.15) is 30.8 Å². The average Bonchev–Trinajstić information content (AvgIpc) is 2.81. The normalized spacial score (nSPS) is 12.6. The molecular weight excluding hydrogens is 243 g/mol. The Balaban J connectivity index is 2.21. The highest BCUT2D eigenvalue weighted by atomic mass is 19.1. The van der Waals surface area contributed by atoms with Gasteiger partial charge in [-0.25, -0.2) is 9.37 Å². The van der Waals surface area contributed by atoms with E-state index in [1.807, 2.05) is 17.8 Å². The zero-order valence-electron chi connectivity index (χ0n) is 11.3. The van der Waals surface area contributed by atoms with Crippen LogP contribution in [0.25, 0.3) is 0 Å². The van der Waals surface area contributed by atoms with Gasteiger partial charge in [0.2, 0.25) is 0 Å². The van der Waals surface area contributed by atoms with Crippen molar-refractivity contribution in [1.29, 1.82) is 0 Å². The van der Waals surface area contributed by atoms with Gasteiger partial charge in [0.15, 0.2) is 0 Å². The van der Waals surface area contributed by atoms with Crippen molar-refractivity contribution >= 4 is 0 Å². The summed E-state index contributed by atoms with van der Waals surface area (Å²) < 4.78 is 15.8. The van der Waals surface area contributed by atoms with Crippen LogP contribution in [0.3, 0.4) is 0 Å². The molecule has 1 unspecified atom stereocenters. The molecule has 2 aromatic rings. The van der Waals surface area contributed by atoms with Crippen LogP contribution in [0.2, 0.25) is 0 Å². The second-order valence-corrected chi connectivity index (χ2v) is 4.56. The maximum atomic E-state index is 13.9. The van der Waals surface area contributed by atoms with E-state index in [1.165, 1.54) is 6.20 Å². The lowest BCUT2D eigenvalue weighted by Crippen LogP contribution is -2.26. The molecule has 5 heteroatoms. The summed E-state index contributed by atoms with van der Waals surface area (Å²) in [6.45, 7) is 2.94. The number of nitrogens with zero attached hydrogens (tertiary/aromatic N) is 3. The first-order chi connectivity index (χ1) is 9.22. The van der Waals surface area contributed by atoms with E-state index in [4.69, 9.17) is 0 Å². The van der Waals surface area contributed by atoms with Crippen LogP contribution in [0, 0.1) is 5.82 Å². The summed E-state index contributed by atoms with van der Waals surface area (Å²) in [7, 11) is 1.95. The molecule has 0 saturated heterocycles. The number of hydrogen-bond donors (Lipinski definition) is 1. The van der Waals surface area contributed by atoms with Crippen molar-refractivity contribution in [3.63, 3.8) is 0 Å². The minimum absolute atomic E-state index is 0.0796. The first-order valence-electron chi connectivity index (χ1n) is 6.51. The number of aryl methyl sites for hydroxylation is 1. The smallest absolute Gasteiger partial charge is 0.146 e. The lowest BCUT2D eigenvalue weighted by atomic mass is 10.0. The van der Waals surface area contributed by atoms with E-state index in [1.54, 1.807) is 18.5 Å². The van der Waals surface area contributed by atoms with Gasteiger partial charge in [0.25, 0.3) is 0 Å². The fourth-order valence-corrected chi connectivity index (χ4v) is 2.05. The molecule has 0 aliphatic rings. The van der Waals surface area contributed by atoms with Gasteiger partial charge in [-0.15, -0.1) is 0 Å². The van der Waals surface area contributed by atoms with Crippen LogP contribution in [0.4, 0.5) is 4.39 Å². The summed E-state index contributed by atoms with van der Waals surface area (Å²) in [5.74, 6) is 0.662. The van der Waals surface area contributed by atoms with Crippen LogP contribution >= 0.6 is 0 Å². The van der Waals surface area contributed by atoms with Crippen molar-refractivity contribution in [2.24, 2.45) is 7.05 Å². The number of rotatable bonds is 6. The molecule has 0 saturated carbocycles. The number of imidazole rings is 1. The number of nitrogens with one attached hydrogen (secondary N) is 1. The Morgan fingerprint density at radius 3 is 2.89 bits per heavy atom. The third kappa shape index (κ3) is 3.38. The minimum Gasteiger partial charge on any atom is -0.338 e. The molecule has 0 fully saturated rings. The predicted molar refractivity (Wildman–Crippen MR) is 72.1 cm³/mol. The Morgan fingerprint density at radius 1 is 1.42 bits per heavy atom. The lowest BCUT2D eigenvalue weighted by molar-refractivity contribution is 0.482. The molecule has 0 aliphatic carbocycles. The molecule has 2 rings (SSSR count). The van der Waals surface area contributed by atoms with Gasteiger partial charge in [-0.1, -0.05) is 6.92 Å². The molecule has 0 bridgehead atoms. The zero-order chi connectivity index (χ0) is 13.7. The molecule has 1 N–H and O–H groups in total. The van der Waals surface area contributed by atoms with E-state index < -0.39 is 0 Å². The highest BCUT2D eigenvalue weighted by Crippen LogP contribution is 2.19. The fraction of sp³-hybridized carbons (Fsp3) is 0.429. The van der Waals surface area contributed by atoms with Gasteiger partial charge >= 0.3 is 0 Å². The Morgan fingerprint density at radius 2 is 2.26 bits per heavy atom. The van der Waals surface area contributed by atoms with E-state index in [0.717, 1.165) is 18.8 Å². The van der Waals surface area contributed by atoms with Crippen molar-refractivity contribution in [2.75, 3.05) is 6.54 Å². The second kappa shape index (κ2) is 6.43. The summed E-state index contributed by atoms with van der Waals surface area (Å²) in [5.41, 5.74) is 0.645. The minimum atomic E-state index is -0.273. The molecule has 19 heavy (non-hydrogen) atoms. The van der Waals surface area contributed by atoms with Crippen molar-refractivity contribution in [3.8, 4) is 0 Å². The monoisotopic (exact) mass is 262 g/mol. The molecule has 0 spiro atoms. The molecule has 0 amide bonds. The highest BCUT2D eigenvalue weighted by molar-refractivity contribution is 5.19. The van der Waals surface area contributed by atoms with E-state index in [0.29, 0.717) is 12.0 Å². The molecule has 0 aliphatic heterocycles. The van der Waals surface area contributed by atoms with Crippen LogP contribution in [0.15, 0.2) is 30.9 Å². The van der Waals surface area contributed by atoms with E-state index >= 15 is 0 Å². The van der Waals surface area contributed by atoms with Crippen molar-refractivity contribution < 1.29 is 4.39 Å². The Labute approximate surface area is 112 Å². The van der Waals surface area contributed by atoms with Crippen molar-refractivity contribution in [1.82, 2.24) is 19.9 Å². The molecule has 102 valence electrons.